The number of amides is 2. The van der Waals surface area contributed by atoms with E-state index >= 15 is 0 Å². The summed E-state index contributed by atoms with van der Waals surface area (Å²) in [6, 6.07) is 0.0621. The van der Waals surface area contributed by atoms with Crippen LogP contribution >= 0.6 is 0 Å². The Hall–Kier alpha value is -1.26. The normalized spacial score (nSPS) is 24.6. The molecule has 1 heterocycles. The molecule has 92 valence electrons. The fourth-order valence-electron chi connectivity index (χ4n) is 2.23. The number of hydrogen-bond donors (Lipinski definition) is 1. The van der Waals surface area contributed by atoms with Crippen LogP contribution in [0.25, 0.3) is 0 Å². The van der Waals surface area contributed by atoms with Gasteiger partial charge in [0.15, 0.2) is 0 Å². The van der Waals surface area contributed by atoms with Crippen LogP contribution in [0.5, 0.6) is 0 Å². The van der Waals surface area contributed by atoms with Crippen LogP contribution in [0.15, 0.2) is 0 Å². The number of aliphatic carboxylic acids is 1. The minimum absolute atomic E-state index is 0.151. The van der Waals surface area contributed by atoms with Gasteiger partial charge in [-0.3, -0.25) is 4.79 Å². The highest BCUT2D eigenvalue weighted by molar-refractivity contribution is 5.80. The highest BCUT2D eigenvalue weighted by atomic mass is 16.4. The summed E-state index contributed by atoms with van der Waals surface area (Å²) >= 11 is 0. The lowest BCUT2D eigenvalue weighted by Crippen LogP contribution is -2.46. The van der Waals surface area contributed by atoms with Gasteiger partial charge in [0.1, 0.15) is 6.54 Å². The van der Waals surface area contributed by atoms with Gasteiger partial charge in [0, 0.05) is 19.1 Å². The van der Waals surface area contributed by atoms with E-state index < -0.39 is 5.97 Å². The maximum Gasteiger partial charge on any atom is 0.323 e. The molecule has 2 atom stereocenters. The van der Waals surface area contributed by atoms with Gasteiger partial charge in [-0.05, 0) is 26.2 Å². The Bertz CT molecular complexity index is 280. The van der Waals surface area contributed by atoms with Gasteiger partial charge in [0.25, 0.3) is 0 Å². The molecule has 1 fully saturated rings. The van der Waals surface area contributed by atoms with Crippen molar-refractivity contribution in [1.29, 1.82) is 0 Å². The fraction of sp³-hybridized carbons (Fsp3) is 0.818. The lowest BCUT2D eigenvalue weighted by atomic mass is 10.1. The van der Waals surface area contributed by atoms with E-state index in [1.54, 1.807) is 11.8 Å². The quantitative estimate of drug-likeness (QED) is 0.790. The Kier molecular flexibility index (Phi) is 4.15. The molecule has 0 aromatic carbocycles. The van der Waals surface area contributed by atoms with Crippen molar-refractivity contribution < 1.29 is 14.7 Å². The maximum atomic E-state index is 12.1. The SMILES string of the molecule is CCN(CC(=O)O)C(=O)N1CC(C)CC1C. The topological polar surface area (TPSA) is 60.9 Å². The standard InChI is InChI=1S/C11H20N2O3/c1-4-12(7-10(14)15)11(16)13-6-8(2)5-9(13)3/h8-9H,4-7H2,1-3H3,(H,14,15). The molecule has 2 amide bonds. The van der Waals surface area contributed by atoms with E-state index in [2.05, 4.69) is 6.92 Å². The zero-order chi connectivity index (χ0) is 12.3. The van der Waals surface area contributed by atoms with Crippen molar-refractivity contribution in [3.05, 3.63) is 0 Å². The van der Waals surface area contributed by atoms with Crippen LogP contribution in [0.4, 0.5) is 4.79 Å². The zero-order valence-electron chi connectivity index (χ0n) is 10.1. The van der Waals surface area contributed by atoms with E-state index in [4.69, 9.17) is 5.11 Å². The largest absolute Gasteiger partial charge is 0.480 e. The first-order chi connectivity index (χ1) is 7.45. The molecular weight excluding hydrogens is 208 g/mol. The summed E-state index contributed by atoms with van der Waals surface area (Å²) < 4.78 is 0. The van der Waals surface area contributed by atoms with Crippen molar-refractivity contribution in [2.75, 3.05) is 19.6 Å². The van der Waals surface area contributed by atoms with Gasteiger partial charge in [0.2, 0.25) is 0 Å². The third-order valence-electron chi connectivity index (χ3n) is 3.01. The molecule has 2 unspecified atom stereocenters. The van der Waals surface area contributed by atoms with Gasteiger partial charge < -0.3 is 14.9 Å². The number of rotatable bonds is 3. The van der Waals surface area contributed by atoms with Crippen LogP contribution in [0.1, 0.15) is 27.2 Å². The minimum Gasteiger partial charge on any atom is -0.480 e. The number of carbonyl (C=O) groups excluding carboxylic acids is 1. The second-order valence-electron chi connectivity index (χ2n) is 4.53. The van der Waals surface area contributed by atoms with Gasteiger partial charge in [0.05, 0.1) is 0 Å². The third kappa shape index (κ3) is 2.87. The lowest BCUT2D eigenvalue weighted by Gasteiger charge is -2.28. The Morgan fingerprint density at radius 3 is 2.44 bits per heavy atom. The molecule has 0 spiro atoms. The van der Waals surface area contributed by atoms with Crippen LogP contribution in [0, 0.1) is 5.92 Å². The predicted molar refractivity (Wildman–Crippen MR) is 60.2 cm³/mol. The summed E-state index contributed by atoms with van der Waals surface area (Å²) in [6.45, 7) is 6.87. The van der Waals surface area contributed by atoms with E-state index in [-0.39, 0.29) is 18.6 Å². The van der Waals surface area contributed by atoms with Crippen molar-refractivity contribution in [2.45, 2.75) is 33.2 Å². The van der Waals surface area contributed by atoms with Crippen LogP contribution in [-0.4, -0.2) is 52.6 Å². The first-order valence-electron chi connectivity index (χ1n) is 5.73. The Labute approximate surface area is 96.0 Å². The molecule has 16 heavy (non-hydrogen) atoms. The minimum atomic E-state index is -0.963. The van der Waals surface area contributed by atoms with Crippen LogP contribution in [0.2, 0.25) is 0 Å². The summed E-state index contributed by atoms with van der Waals surface area (Å²) in [6.07, 6.45) is 0.996. The molecule has 0 aliphatic carbocycles. The second kappa shape index (κ2) is 5.18. The third-order valence-corrected chi connectivity index (χ3v) is 3.01. The number of carbonyl (C=O) groups is 2. The molecule has 1 aliphatic heterocycles. The van der Waals surface area contributed by atoms with E-state index in [1.807, 2.05) is 6.92 Å². The number of likely N-dealkylation sites (N-methyl/N-ethyl adjacent to an activating group) is 1. The molecular formula is C11H20N2O3. The average Bonchev–Trinajstić information content (AvgIpc) is 2.53. The Morgan fingerprint density at radius 1 is 1.44 bits per heavy atom. The molecule has 1 saturated heterocycles. The molecule has 1 N–H and O–H groups in total. The summed E-state index contributed by atoms with van der Waals surface area (Å²) in [5.74, 6) is -0.461. The molecule has 1 rings (SSSR count). The van der Waals surface area contributed by atoms with Crippen molar-refractivity contribution in [3.8, 4) is 0 Å². The Balaban J connectivity index is 2.64. The van der Waals surface area contributed by atoms with Gasteiger partial charge >= 0.3 is 12.0 Å². The summed E-state index contributed by atoms with van der Waals surface area (Å²) in [5.41, 5.74) is 0. The average molecular weight is 228 g/mol. The van der Waals surface area contributed by atoms with E-state index in [9.17, 15) is 9.59 Å². The highest BCUT2D eigenvalue weighted by Gasteiger charge is 2.32. The lowest BCUT2D eigenvalue weighted by molar-refractivity contribution is -0.137. The van der Waals surface area contributed by atoms with Gasteiger partial charge in [-0.1, -0.05) is 6.92 Å². The van der Waals surface area contributed by atoms with Gasteiger partial charge in [-0.15, -0.1) is 0 Å². The second-order valence-corrected chi connectivity index (χ2v) is 4.53. The fourth-order valence-corrected chi connectivity index (χ4v) is 2.23. The van der Waals surface area contributed by atoms with Crippen LogP contribution in [-0.2, 0) is 4.79 Å². The van der Waals surface area contributed by atoms with Gasteiger partial charge in [-0.2, -0.15) is 0 Å². The van der Waals surface area contributed by atoms with Crippen molar-refractivity contribution in [2.24, 2.45) is 5.92 Å². The predicted octanol–water partition coefficient (Wildman–Crippen LogP) is 1.24. The Morgan fingerprint density at radius 2 is 2.06 bits per heavy atom. The molecule has 1 aliphatic rings. The molecule has 0 radical (unpaired) electrons. The first-order valence-corrected chi connectivity index (χ1v) is 5.73. The van der Waals surface area contributed by atoms with Gasteiger partial charge in [-0.25, -0.2) is 4.79 Å². The molecule has 0 saturated carbocycles. The van der Waals surface area contributed by atoms with E-state index in [0.717, 1.165) is 13.0 Å². The molecule has 5 heteroatoms. The molecule has 0 aromatic rings. The number of carboxylic acid groups (broad SMARTS) is 1. The summed E-state index contributed by atoms with van der Waals surface area (Å²) in [7, 11) is 0. The summed E-state index contributed by atoms with van der Waals surface area (Å²) in [5, 5.41) is 8.71. The number of nitrogens with zero attached hydrogens (tertiary/aromatic N) is 2. The molecule has 0 bridgehead atoms. The molecule has 0 aromatic heterocycles. The van der Waals surface area contributed by atoms with Crippen LogP contribution < -0.4 is 0 Å². The number of urea groups is 1. The zero-order valence-corrected chi connectivity index (χ0v) is 10.1. The highest BCUT2D eigenvalue weighted by Crippen LogP contribution is 2.23. The van der Waals surface area contributed by atoms with E-state index in [1.165, 1.54) is 4.90 Å². The van der Waals surface area contributed by atoms with Crippen molar-refractivity contribution in [1.82, 2.24) is 9.80 Å². The monoisotopic (exact) mass is 228 g/mol. The van der Waals surface area contributed by atoms with Crippen molar-refractivity contribution in [3.63, 3.8) is 0 Å². The number of carboxylic acids is 1. The van der Waals surface area contributed by atoms with Crippen molar-refractivity contribution >= 4 is 12.0 Å². The first kappa shape index (κ1) is 12.8. The maximum absolute atomic E-state index is 12.1. The van der Waals surface area contributed by atoms with E-state index in [0.29, 0.717) is 12.5 Å². The smallest absolute Gasteiger partial charge is 0.323 e. The molecule has 5 nitrogen and oxygen atoms in total. The number of hydrogen-bond acceptors (Lipinski definition) is 2. The van der Waals surface area contributed by atoms with Crippen LogP contribution in [0.3, 0.4) is 0 Å². The summed E-state index contributed by atoms with van der Waals surface area (Å²) in [4.78, 5) is 25.8. The number of likely N-dealkylation sites (tertiary alicyclic amines) is 1.